The van der Waals surface area contributed by atoms with Gasteiger partial charge in [0.15, 0.2) is 0 Å². The first-order chi connectivity index (χ1) is 14.0. The van der Waals surface area contributed by atoms with Gasteiger partial charge >= 0.3 is 5.97 Å². The average molecular weight is 394 g/mol. The first-order valence-corrected chi connectivity index (χ1v) is 8.73. The van der Waals surface area contributed by atoms with E-state index in [1.807, 2.05) is 36.5 Å². The lowest BCUT2D eigenvalue weighted by atomic mass is 10.1. The van der Waals surface area contributed by atoms with E-state index in [2.05, 4.69) is 15.2 Å². The van der Waals surface area contributed by atoms with Gasteiger partial charge in [0.05, 0.1) is 23.3 Å². The van der Waals surface area contributed by atoms with Crippen molar-refractivity contribution in [1.29, 1.82) is 0 Å². The van der Waals surface area contributed by atoms with Crippen molar-refractivity contribution in [1.82, 2.24) is 15.1 Å². The number of hydrogen-bond acceptors (Lipinski definition) is 6. The fraction of sp³-hybridized carbons (Fsp3) is 0.150. The largest absolute Gasteiger partial charge is 0.465 e. The number of nitro groups is 1. The number of ether oxygens (including phenoxy) is 1. The molecule has 1 heterocycles. The number of carbonyl (C=O) groups excluding carboxylic acids is 2. The number of carbonyl (C=O) groups is 2. The van der Waals surface area contributed by atoms with Gasteiger partial charge in [-0.25, -0.2) is 9.48 Å². The van der Waals surface area contributed by atoms with Crippen molar-refractivity contribution >= 4 is 17.6 Å². The summed E-state index contributed by atoms with van der Waals surface area (Å²) in [6.07, 6.45) is 4.11. The molecule has 0 fully saturated rings. The molecule has 3 rings (SSSR count). The van der Waals surface area contributed by atoms with E-state index in [9.17, 15) is 19.7 Å². The van der Waals surface area contributed by atoms with Crippen LogP contribution in [0.1, 0.15) is 26.3 Å². The van der Waals surface area contributed by atoms with Crippen LogP contribution < -0.4 is 5.32 Å². The second-order valence-electron chi connectivity index (χ2n) is 6.14. The number of esters is 1. The van der Waals surface area contributed by atoms with E-state index in [1.54, 1.807) is 10.9 Å². The molecular formula is C20H18N4O5. The first-order valence-electron chi connectivity index (χ1n) is 8.73. The summed E-state index contributed by atoms with van der Waals surface area (Å²) in [5.41, 5.74) is 1.55. The Hall–Kier alpha value is -4.01. The molecule has 0 unspecified atom stereocenters. The minimum Gasteiger partial charge on any atom is -0.465 e. The van der Waals surface area contributed by atoms with Crippen LogP contribution in [0, 0.1) is 10.1 Å². The molecule has 148 valence electrons. The highest BCUT2D eigenvalue weighted by Gasteiger charge is 2.18. The van der Waals surface area contributed by atoms with Crippen LogP contribution in [-0.2, 0) is 11.2 Å². The third-order valence-corrected chi connectivity index (χ3v) is 4.22. The minimum absolute atomic E-state index is 0.0219. The smallest absolute Gasteiger partial charge is 0.338 e. The van der Waals surface area contributed by atoms with E-state index < -0.39 is 16.8 Å². The van der Waals surface area contributed by atoms with Crippen LogP contribution in [0.5, 0.6) is 0 Å². The second kappa shape index (κ2) is 8.79. The van der Waals surface area contributed by atoms with Crippen LogP contribution in [0.2, 0.25) is 0 Å². The van der Waals surface area contributed by atoms with Crippen molar-refractivity contribution < 1.29 is 19.2 Å². The van der Waals surface area contributed by atoms with Crippen molar-refractivity contribution in [3.63, 3.8) is 0 Å². The molecule has 29 heavy (non-hydrogen) atoms. The van der Waals surface area contributed by atoms with Gasteiger partial charge in [-0.1, -0.05) is 12.1 Å². The summed E-state index contributed by atoms with van der Waals surface area (Å²) >= 11 is 0. The Balaban J connectivity index is 1.64. The highest BCUT2D eigenvalue weighted by atomic mass is 16.6. The predicted octanol–water partition coefficient (Wildman–Crippen LogP) is 2.54. The molecule has 0 aliphatic carbocycles. The molecule has 0 aliphatic heterocycles. The Bertz CT molecular complexity index is 1030. The topological polar surface area (TPSA) is 116 Å². The molecule has 0 saturated heterocycles. The normalized spacial score (nSPS) is 10.4. The summed E-state index contributed by atoms with van der Waals surface area (Å²) < 4.78 is 6.32. The van der Waals surface area contributed by atoms with Crippen molar-refractivity contribution in [3.05, 3.63) is 87.7 Å². The fourth-order valence-electron chi connectivity index (χ4n) is 2.74. The number of amides is 1. The molecule has 0 aliphatic rings. The van der Waals surface area contributed by atoms with Gasteiger partial charge in [-0.3, -0.25) is 14.9 Å². The number of nitrogens with zero attached hydrogens (tertiary/aromatic N) is 3. The average Bonchev–Trinajstić information content (AvgIpc) is 3.28. The number of benzene rings is 2. The van der Waals surface area contributed by atoms with Crippen LogP contribution in [0.3, 0.4) is 0 Å². The van der Waals surface area contributed by atoms with Gasteiger partial charge in [0.25, 0.3) is 11.6 Å². The first kappa shape index (κ1) is 19.7. The molecular weight excluding hydrogens is 376 g/mol. The zero-order valence-electron chi connectivity index (χ0n) is 15.6. The number of nitrogens with one attached hydrogen (secondary N) is 1. The zero-order valence-corrected chi connectivity index (χ0v) is 15.6. The van der Waals surface area contributed by atoms with E-state index in [0.717, 1.165) is 23.4 Å². The van der Waals surface area contributed by atoms with E-state index in [0.29, 0.717) is 13.0 Å². The lowest BCUT2D eigenvalue weighted by Gasteiger charge is -2.08. The number of hydrogen-bond donors (Lipinski definition) is 1. The van der Waals surface area contributed by atoms with Crippen molar-refractivity contribution in [2.45, 2.75) is 6.42 Å². The van der Waals surface area contributed by atoms with Gasteiger partial charge in [0.2, 0.25) is 0 Å². The summed E-state index contributed by atoms with van der Waals surface area (Å²) in [6.45, 7) is 0.330. The molecule has 0 radical (unpaired) electrons. The second-order valence-corrected chi connectivity index (χ2v) is 6.14. The van der Waals surface area contributed by atoms with E-state index in [1.165, 1.54) is 13.2 Å². The monoisotopic (exact) mass is 394 g/mol. The Morgan fingerprint density at radius 2 is 1.90 bits per heavy atom. The van der Waals surface area contributed by atoms with Crippen LogP contribution in [0.4, 0.5) is 5.69 Å². The number of rotatable bonds is 7. The summed E-state index contributed by atoms with van der Waals surface area (Å²) in [4.78, 5) is 34.5. The molecule has 0 saturated carbocycles. The fourth-order valence-corrected chi connectivity index (χ4v) is 2.74. The third-order valence-electron chi connectivity index (χ3n) is 4.22. The quantitative estimate of drug-likeness (QED) is 0.374. The molecule has 2 aromatic carbocycles. The molecule has 3 aromatic rings. The van der Waals surface area contributed by atoms with E-state index in [4.69, 9.17) is 0 Å². The lowest BCUT2D eigenvalue weighted by molar-refractivity contribution is -0.384. The van der Waals surface area contributed by atoms with Crippen LogP contribution in [0.15, 0.2) is 60.9 Å². The van der Waals surface area contributed by atoms with Gasteiger partial charge in [-0.05, 0) is 36.2 Å². The Labute approximate surface area is 166 Å². The van der Waals surface area contributed by atoms with Crippen LogP contribution >= 0.6 is 0 Å². The Morgan fingerprint density at radius 3 is 2.52 bits per heavy atom. The summed E-state index contributed by atoms with van der Waals surface area (Å²) in [5.74, 6) is -1.26. The highest BCUT2D eigenvalue weighted by Crippen LogP contribution is 2.18. The SMILES string of the molecule is COC(=O)c1cc(C(=O)NCCc2ccc(-n3cccn3)cc2)cc([N+](=O)[O-])c1. The standard InChI is InChI=1S/C20H18N4O5/c1-29-20(26)16-11-15(12-18(13-16)24(27)28)19(25)21-9-7-14-3-5-17(6-4-14)23-10-2-8-22-23/h2-6,8,10-13H,7,9H2,1H3,(H,21,25). The number of nitro benzene ring substituents is 1. The highest BCUT2D eigenvalue weighted by molar-refractivity contribution is 5.98. The summed E-state index contributed by atoms with van der Waals surface area (Å²) in [5, 5.41) is 17.9. The van der Waals surface area contributed by atoms with Gasteiger partial charge in [0.1, 0.15) is 0 Å². The van der Waals surface area contributed by atoms with E-state index >= 15 is 0 Å². The van der Waals surface area contributed by atoms with Gasteiger partial charge in [-0.15, -0.1) is 0 Å². The molecule has 1 aromatic heterocycles. The Morgan fingerprint density at radius 1 is 1.17 bits per heavy atom. The predicted molar refractivity (Wildman–Crippen MR) is 104 cm³/mol. The van der Waals surface area contributed by atoms with Gasteiger partial charge in [0, 0.05) is 36.6 Å². The lowest BCUT2D eigenvalue weighted by Crippen LogP contribution is -2.26. The van der Waals surface area contributed by atoms with Crippen LogP contribution in [-0.4, -0.2) is 40.2 Å². The van der Waals surface area contributed by atoms with Crippen molar-refractivity contribution in [3.8, 4) is 5.69 Å². The number of methoxy groups -OCH3 is 1. The molecule has 0 bridgehead atoms. The van der Waals surface area contributed by atoms with Crippen molar-refractivity contribution in [2.24, 2.45) is 0 Å². The summed E-state index contributed by atoms with van der Waals surface area (Å²) in [7, 11) is 1.17. The van der Waals surface area contributed by atoms with Crippen molar-refractivity contribution in [2.75, 3.05) is 13.7 Å². The molecule has 1 N–H and O–H groups in total. The molecule has 0 atom stereocenters. The van der Waals surface area contributed by atoms with Gasteiger partial charge in [-0.2, -0.15) is 5.10 Å². The third kappa shape index (κ3) is 4.83. The molecule has 9 nitrogen and oxygen atoms in total. The number of non-ortho nitro benzene ring substituents is 1. The molecule has 0 spiro atoms. The van der Waals surface area contributed by atoms with Crippen LogP contribution in [0.25, 0.3) is 5.69 Å². The maximum atomic E-state index is 12.4. The molecule has 1 amide bonds. The number of aromatic nitrogens is 2. The minimum atomic E-state index is -0.750. The summed E-state index contributed by atoms with van der Waals surface area (Å²) in [6, 6.07) is 13.0. The van der Waals surface area contributed by atoms with Gasteiger partial charge < -0.3 is 10.1 Å². The maximum Gasteiger partial charge on any atom is 0.338 e. The maximum absolute atomic E-state index is 12.4. The molecule has 9 heteroatoms. The Kier molecular flexibility index (Phi) is 5.98. The zero-order chi connectivity index (χ0) is 20.8. The van der Waals surface area contributed by atoms with E-state index in [-0.39, 0.29) is 16.8 Å².